The zero-order valence-corrected chi connectivity index (χ0v) is 12.5. The summed E-state index contributed by atoms with van der Waals surface area (Å²) in [6.07, 6.45) is 2.65. The van der Waals surface area contributed by atoms with E-state index in [9.17, 15) is 0 Å². The highest BCUT2D eigenvalue weighted by molar-refractivity contribution is 7.07. The van der Waals surface area contributed by atoms with E-state index in [4.69, 9.17) is 5.73 Å². The normalized spacial score (nSPS) is 24.6. The van der Waals surface area contributed by atoms with Crippen LogP contribution < -0.4 is 5.73 Å². The van der Waals surface area contributed by atoms with Gasteiger partial charge in [0.2, 0.25) is 0 Å². The molecule has 3 unspecified atom stereocenters. The van der Waals surface area contributed by atoms with Crippen molar-refractivity contribution in [2.24, 2.45) is 5.73 Å². The zero-order valence-electron chi connectivity index (χ0n) is 11.7. The third-order valence-electron chi connectivity index (χ3n) is 4.03. The maximum Gasteiger partial charge on any atom is 0.0502 e. The smallest absolute Gasteiger partial charge is 0.0502 e. The van der Waals surface area contributed by atoms with Crippen molar-refractivity contribution >= 4 is 11.3 Å². The van der Waals surface area contributed by atoms with Crippen molar-refractivity contribution in [1.82, 2.24) is 9.80 Å². The average molecular weight is 267 g/mol. The summed E-state index contributed by atoms with van der Waals surface area (Å²) in [7, 11) is 4.44. The van der Waals surface area contributed by atoms with Crippen LogP contribution in [0.1, 0.15) is 31.4 Å². The predicted molar refractivity (Wildman–Crippen MR) is 79.0 cm³/mol. The van der Waals surface area contributed by atoms with Gasteiger partial charge in [0, 0.05) is 18.6 Å². The van der Waals surface area contributed by atoms with Gasteiger partial charge in [-0.3, -0.25) is 4.90 Å². The summed E-state index contributed by atoms with van der Waals surface area (Å²) in [5.74, 6) is 0. The van der Waals surface area contributed by atoms with Gasteiger partial charge in [-0.15, -0.1) is 0 Å². The van der Waals surface area contributed by atoms with E-state index in [1.165, 1.54) is 24.9 Å². The summed E-state index contributed by atoms with van der Waals surface area (Å²) in [5, 5.41) is 4.36. The maximum absolute atomic E-state index is 6.19. The van der Waals surface area contributed by atoms with Crippen molar-refractivity contribution < 1.29 is 0 Å². The lowest BCUT2D eigenvalue weighted by atomic mass is 10.0. The molecule has 1 aromatic heterocycles. The molecule has 0 amide bonds. The minimum Gasteiger partial charge on any atom is -0.326 e. The number of nitrogens with zero attached hydrogens (tertiary/aromatic N) is 2. The van der Waals surface area contributed by atoms with Gasteiger partial charge in [0.15, 0.2) is 0 Å². The van der Waals surface area contributed by atoms with Crippen LogP contribution in [-0.4, -0.2) is 49.1 Å². The topological polar surface area (TPSA) is 32.5 Å². The number of hydrogen-bond donors (Lipinski definition) is 1. The van der Waals surface area contributed by atoms with Gasteiger partial charge in [-0.2, -0.15) is 11.3 Å². The number of hydrogen-bond acceptors (Lipinski definition) is 4. The van der Waals surface area contributed by atoms with E-state index in [2.05, 4.69) is 47.6 Å². The molecule has 0 aliphatic carbocycles. The molecule has 102 valence electrons. The molecule has 3 atom stereocenters. The first-order chi connectivity index (χ1) is 8.59. The Bertz CT molecular complexity index is 350. The quantitative estimate of drug-likeness (QED) is 0.887. The lowest BCUT2D eigenvalue weighted by Crippen LogP contribution is -2.43. The molecule has 1 aromatic rings. The molecule has 0 saturated carbocycles. The number of thiophene rings is 1. The van der Waals surface area contributed by atoms with Crippen molar-refractivity contribution in [3.8, 4) is 0 Å². The summed E-state index contributed by atoms with van der Waals surface area (Å²) >= 11 is 1.75. The summed E-state index contributed by atoms with van der Waals surface area (Å²) in [6.45, 7) is 4.45. The van der Waals surface area contributed by atoms with Gasteiger partial charge >= 0.3 is 0 Å². The molecular formula is C14H25N3S. The van der Waals surface area contributed by atoms with Crippen LogP contribution in [-0.2, 0) is 0 Å². The van der Waals surface area contributed by atoms with E-state index in [-0.39, 0.29) is 6.04 Å². The van der Waals surface area contributed by atoms with Gasteiger partial charge in [0.05, 0.1) is 6.04 Å². The van der Waals surface area contributed by atoms with E-state index in [1.54, 1.807) is 11.3 Å². The Labute approximate surface area is 115 Å². The SMILES string of the molecule is CC(N)C(c1ccsc1)N(C)CC1CCCN1C. The minimum absolute atomic E-state index is 0.163. The highest BCUT2D eigenvalue weighted by atomic mass is 32.1. The zero-order chi connectivity index (χ0) is 13.1. The first-order valence-electron chi connectivity index (χ1n) is 6.77. The molecular weight excluding hydrogens is 242 g/mol. The van der Waals surface area contributed by atoms with Crippen LogP contribution >= 0.6 is 11.3 Å². The van der Waals surface area contributed by atoms with Crippen LogP contribution in [0.15, 0.2) is 16.8 Å². The van der Waals surface area contributed by atoms with Crippen LogP contribution in [0.4, 0.5) is 0 Å². The molecule has 0 bridgehead atoms. The van der Waals surface area contributed by atoms with E-state index in [0.29, 0.717) is 12.1 Å². The standard InChI is InChI=1S/C14H25N3S/c1-11(15)14(12-6-8-18-10-12)17(3)9-13-5-4-7-16(13)2/h6,8,10-11,13-14H,4-5,7,9,15H2,1-3H3. The molecule has 3 nitrogen and oxygen atoms in total. The van der Waals surface area contributed by atoms with Crippen LogP contribution in [0, 0.1) is 0 Å². The Kier molecular flexibility index (Phi) is 4.78. The fraction of sp³-hybridized carbons (Fsp3) is 0.714. The van der Waals surface area contributed by atoms with Crippen LogP contribution in [0.25, 0.3) is 0 Å². The highest BCUT2D eigenvalue weighted by Crippen LogP contribution is 2.26. The molecule has 1 fully saturated rings. The number of likely N-dealkylation sites (N-methyl/N-ethyl adjacent to an activating group) is 2. The Morgan fingerprint density at radius 1 is 1.61 bits per heavy atom. The van der Waals surface area contributed by atoms with Gasteiger partial charge in [0.1, 0.15) is 0 Å². The molecule has 2 heterocycles. The van der Waals surface area contributed by atoms with Crippen molar-refractivity contribution in [1.29, 1.82) is 0 Å². The molecule has 2 N–H and O–H groups in total. The van der Waals surface area contributed by atoms with E-state index in [0.717, 1.165) is 6.54 Å². The molecule has 0 radical (unpaired) electrons. The minimum atomic E-state index is 0.163. The van der Waals surface area contributed by atoms with Gasteiger partial charge in [-0.1, -0.05) is 0 Å². The number of rotatable bonds is 5. The molecule has 4 heteroatoms. The Balaban J connectivity index is 2.02. The molecule has 18 heavy (non-hydrogen) atoms. The summed E-state index contributed by atoms with van der Waals surface area (Å²) < 4.78 is 0. The molecule has 0 spiro atoms. The molecule has 2 rings (SSSR count). The predicted octanol–water partition coefficient (Wildman–Crippen LogP) is 2.16. The maximum atomic E-state index is 6.19. The lowest BCUT2D eigenvalue weighted by molar-refractivity contribution is 0.163. The monoisotopic (exact) mass is 267 g/mol. The van der Waals surface area contributed by atoms with Gasteiger partial charge in [0.25, 0.3) is 0 Å². The summed E-state index contributed by atoms with van der Waals surface area (Å²) in [6, 6.07) is 3.39. The molecule has 1 saturated heterocycles. The fourth-order valence-corrected chi connectivity index (χ4v) is 3.75. The third-order valence-corrected chi connectivity index (χ3v) is 4.73. The Morgan fingerprint density at radius 2 is 2.39 bits per heavy atom. The second kappa shape index (κ2) is 6.15. The van der Waals surface area contributed by atoms with Crippen LogP contribution in [0.3, 0.4) is 0 Å². The summed E-state index contributed by atoms with van der Waals surface area (Å²) in [5.41, 5.74) is 7.55. The Morgan fingerprint density at radius 3 is 2.89 bits per heavy atom. The van der Waals surface area contributed by atoms with Crippen molar-refractivity contribution in [2.45, 2.75) is 37.9 Å². The lowest BCUT2D eigenvalue weighted by Gasteiger charge is -2.34. The molecule has 0 aromatic carbocycles. The fourth-order valence-electron chi connectivity index (χ4n) is 3.06. The van der Waals surface area contributed by atoms with Gasteiger partial charge in [-0.05, 0) is 62.8 Å². The second-order valence-corrected chi connectivity index (χ2v) is 6.36. The first kappa shape index (κ1) is 14.0. The van der Waals surface area contributed by atoms with E-state index < -0.39 is 0 Å². The first-order valence-corrected chi connectivity index (χ1v) is 7.72. The third kappa shape index (κ3) is 3.12. The van der Waals surface area contributed by atoms with Gasteiger partial charge < -0.3 is 10.6 Å². The number of nitrogens with two attached hydrogens (primary N) is 1. The summed E-state index contributed by atoms with van der Waals surface area (Å²) in [4.78, 5) is 4.90. The van der Waals surface area contributed by atoms with Crippen molar-refractivity contribution in [2.75, 3.05) is 27.2 Å². The molecule has 1 aliphatic heterocycles. The van der Waals surface area contributed by atoms with Crippen molar-refractivity contribution in [3.05, 3.63) is 22.4 Å². The average Bonchev–Trinajstić information content (AvgIpc) is 2.92. The Hall–Kier alpha value is -0.420. The second-order valence-electron chi connectivity index (χ2n) is 5.58. The largest absolute Gasteiger partial charge is 0.326 e. The van der Waals surface area contributed by atoms with Gasteiger partial charge in [-0.25, -0.2) is 0 Å². The van der Waals surface area contributed by atoms with Crippen molar-refractivity contribution in [3.63, 3.8) is 0 Å². The highest BCUT2D eigenvalue weighted by Gasteiger charge is 2.27. The molecule has 1 aliphatic rings. The van der Waals surface area contributed by atoms with E-state index in [1.807, 2.05) is 0 Å². The van der Waals surface area contributed by atoms with Crippen LogP contribution in [0.2, 0.25) is 0 Å². The van der Waals surface area contributed by atoms with Crippen LogP contribution in [0.5, 0.6) is 0 Å². The van der Waals surface area contributed by atoms with E-state index >= 15 is 0 Å². The number of likely N-dealkylation sites (tertiary alicyclic amines) is 1.